The zero-order chi connectivity index (χ0) is 16.4. The maximum absolute atomic E-state index is 2.47. The smallest absolute Gasteiger partial charge is 0.0729 e. The van der Waals surface area contributed by atoms with Gasteiger partial charge in [0, 0.05) is 16.3 Å². The normalized spacial score (nSPS) is 14.7. The number of rotatable bonds is 4. The third kappa shape index (κ3) is 3.18. The third-order valence-electron chi connectivity index (χ3n) is 4.55. The van der Waals surface area contributed by atoms with Crippen LogP contribution in [-0.4, -0.2) is 5.88 Å². The van der Waals surface area contributed by atoms with Crippen LogP contribution in [0.15, 0.2) is 53.1 Å². The molecule has 0 saturated heterocycles. The third-order valence-corrected chi connectivity index (χ3v) is 5.81. The number of hydrogen-bond acceptors (Lipinski definition) is 2. The van der Waals surface area contributed by atoms with E-state index in [0.717, 1.165) is 18.7 Å². The van der Waals surface area contributed by atoms with E-state index in [1.54, 1.807) is 4.91 Å². The first-order valence-electron chi connectivity index (χ1n) is 8.44. The van der Waals surface area contributed by atoms with E-state index in [1.807, 2.05) is 11.8 Å². The quantitative estimate of drug-likeness (QED) is 0.630. The van der Waals surface area contributed by atoms with Gasteiger partial charge in [-0.05, 0) is 55.5 Å². The van der Waals surface area contributed by atoms with E-state index in [4.69, 9.17) is 0 Å². The van der Waals surface area contributed by atoms with Gasteiger partial charge in [-0.1, -0.05) is 49.7 Å². The van der Waals surface area contributed by atoms with Crippen LogP contribution in [0, 0.1) is 13.8 Å². The maximum atomic E-state index is 2.47. The van der Waals surface area contributed by atoms with Crippen LogP contribution in [0.25, 0.3) is 11.1 Å². The van der Waals surface area contributed by atoms with Crippen LogP contribution in [0.5, 0.6) is 0 Å². The van der Waals surface area contributed by atoms with Crippen LogP contribution in [0.1, 0.15) is 37.8 Å². The Hall–Kier alpha value is -1.67. The summed E-state index contributed by atoms with van der Waals surface area (Å²) in [6.45, 7) is 8.86. The second-order valence-electron chi connectivity index (χ2n) is 6.14. The number of allylic oxidation sites excluding steroid dienone is 2. The highest BCUT2D eigenvalue weighted by Gasteiger charge is 2.21. The van der Waals surface area contributed by atoms with Gasteiger partial charge in [0.05, 0.1) is 5.88 Å². The van der Waals surface area contributed by atoms with E-state index in [0.29, 0.717) is 0 Å². The highest BCUT2D eigenvalue weighted by molar-refractivity contribution is 8.03. The molecular formula is C21H25NS. The molecule has 2 aromatic rings. The van der Waals surface area contributed by atoms with Crippen molar-refractivity contribution in [3.8, 4) is 11.1 Å². The lowest BCUT2D eigenvalue weighted by molar-refractivity contribution is 0.954. The van der Waals surface area contributed by atoms with Crippen molar-refractivity contribution in [3.05, 3.63) is 64.2 Å². The van der Waals surface area contributed by atoms with E-state index in [1.165, 1.54) is 33.6 Å². The molecule has 3 rings (SSSR count). The van der Waals surface area contributed by atoms with E-state index in [-0.39, 0.29) is 0 Å². The van der Waals surface area contributed by atoms with Gasteiger partial charge in [0.2, 0.25) is 0 Å². The first kappa shape index (κ1) is 16.2. The molecule has 0 fully saturated rings. The predicted octanol–water partition coefficient (Wildman–Crippen LogP) is 6.51. The van der Waals surface area contributed by atoms with Gasteiger partial charge < -0.3 is 4.90 Å². The number of aryl methyl sites for hydroxylation is 2. The summed E-state index contributed by atoms with van der Waals surface area (Å²) in [5.74, 6) is 1.05. The Balaban J connectivity index is 1.91. The molecule has 0 unspecified atom stereocenters. The van der Waals surface area contributed by atoms with Crippen LogP contribution in [-0.2, 0) is 0 Å². The average molecular weight is 324 g/mol. The zero-order valence-electron chi connectivity index (χ0n) is 14.5. The fourth-order valence-corrected chi connectivity index (χ4v) is 4.46. The monoisotopic (exact) mass is 323 g/mol. The maximum Gasteiger partial charge on any atom is 0.0729 e. The van der Waals surface area contributed by atoms with Crippen molar-refractivity contribution in [1.29, 1.82) is 0 Å². The number of benzene rings is 2. The molecule has 0 aliphatic carbocycles. The van der Waals surface area contributed by atoms with Gasteiger partial charge in [-0.15, -0.1) is 11.8 Å². The molecule has 1 heterocycles. The van der Waals surface area contributed by atoms with Crippen molar-refractivity contribution in [3.63, 3.8) is 0 Å². The van der Waals surface area contributed by atoms with Crippen LogP contribution in [0.3, 0.4) is 0 Å². The molecule has 23 heavy (non-hydrogen) atoms. The molecule has 0 radical (unpaired) electrons. The standard InChI is InChI=1S/C21H25NS/c1-5-20-21(6-2)23-14-22(20)18-11-9-17(10-12-18)19-13-15(3)7-8-16(19)4/h7-13H,5-6,14H2,1-4H3. The molecule has 0 saturated carbocycles. The molecule has 1 nitrogen and oxygen atoms in total. The molecule has 1 aliphatic heterocycles. The Labute approximate surface area is 144 Å². The number of anilines is 1. The fourth-order valence-electron chi connectivity index (χ4n) is 3.25. The number of thioether (sulfide) groups is 1. The highest BCUT2D eigenvalue weighted by atomic mass is 32.2. The molecule has 0 spiro atoms. The zero-order valence-corrected chi connectivity index (χ0v) is 15.3. The summed E-state index contributed by atoms with van der Waals surface area (Å²) >= 11 is 1.99. The first-order chi connectivity index (χ1) is 11.1. The first-order valence-corrected chi connectivity index (χ1v) is 9.42. The minimum atomic E-state index is 1.05. The fraction of sp³-hybridized carbons (Fsp3) is 0.333. The lowest BCUT2D eigenvalue weighted by atomic mass is 9.98. The Morgan fingerprint density at radius 1 is 0.957 bits per heavy atom. The van der Waals surface area contributed by atoms with Crippen molar-refractivity contribution < 1.29 is 0 Å². The van der Waals surface area contributed by atoms with Crippen LogP contribution in [0.4, 0.5) is 5.69 Å². The molecule has 0 bridgehead atoms. The molecule has 0 atom stereocenters. The van der Waals surface area contributed by atoms with Gasteiger partial charge in [-0.2, -0.15) is 0 Å². The van der Waals surface area contributed by atoms with Gasteiger partial charge in [-0.3, -0.25) is 0 Å². The summed E-state index contributed by atoms with van der Waals surface area (Å²) in [7, 11) is 0. The van der Waals surface area contributed by atoms with E-state index in [2.05, 4.69) is 75.1 Å². The molecule has 2 aromatic carbocycles. The number of nitrogens with zero attached hydrogens (tertiary/aromatic N) is 1. The summed E-state index contributed by atoms with van der Waals surface area (Å²) in [4.78, 5) is 4.02. The van der Waals surface area contributed by atoms with Gasteiger partial charge in [0.25, 0.3) is 0 Å². The van der Waals surface area contributed by atoms with Crippen LogP contribution in [0.2, 0.25) is 0 Å². The van der Waals surface area contributed by atoms with Gasteiger partial charge in [-0.25, -0.2) is 0 Å². The largest absolute Gasteiger partial charge is 0.334 e. The summed E-state index contributed by atoms with van der Waals surface area (Å²) in [5, 5.41) is 0. The summed E-state index contributed by atoms with van der Waals surface area (Å²) in [6, 6.07) is 15.7. The van der Waals surface area contributed by atoms with Crippen molar-refractivity contribution >= 4 is 17.4 Å². The predicted molar refractivity (Wildman–Crippen MR) is 104 cm³/mol. The second kappa shape index (κ2) is 6.84. The highest BCUT2D eigenvalue weighted by Crippen LogP contribution is 2.39. The molecule has 120 valence electrons. The number of hydrogen-bond donors (Lipinski definition) is 0. The summed E-state index contributed by atoms with van der Waals surface area (Å²) < 4.78 is 0. The Kier molecular flexibility index (Phi) is 4.82. The Bertz CT molecular complexity index is 728. The Morgan fingerprint density at radius 3 is 2.35 bits per heavy atom. The minimum absolute atomic E-state index is 1.05. The minimum Gasteiger partial charge on any atom is -0.334 e. The van der Waals surface area contributed by atoms with Crippen LogP contribution < -0.4 is 4.90 Å². The van der Waals surface area contributed by atoms with Gasteiger partial charge in [0.15, 0.2) is 0 Å². The molecule has 0 aromatic heterocycles. The molecular weight excluding hydrogens is 298 g/mol. The van der Waals surface area contributed by atoms with E-state index < -0.39 is 0 Å². The van der Waals surface area contributed by atoms with Crippen LogP contribution >= 0.6 is 11.8 Å². The van der Waals surface area contributed by atoms with Gasteiger partial charge >= 0.3 is 0 Å². The molecule has 1 aliphatic rings. The van der Waals surface area contributed by atoms with E-state index in [9.17, 15) is 0 Å². The summed E-state index contributed by atoms with van der Waals surface area (Å²) in [5.41, 5.74) is 8.10. The van der Waals surface area contributed by atoms with Gasteiger partial charge in [0.1, 0.15) is 0 Å². The second-order valence-corrected chi connectivity index (χ2v) is 7.18. The molecule has 0 N–H and O–H groups in total. The van der Waals surface area contributed by atoms with Crippen molar-refractivity contribution in [1.82, 2.24) is 0 Å². The summed E-state index contributed by atoms with van der Waals surface area (Å²) in [6.07, 6.45) is 2.25. The molecule has 0 amide bonds. The van der Waals surface area contributed by atoms with E-state index >= 15 is 0 Å². The van der Waals surface area contributed by atoms with Crippen molar-refractivity contribution in [2.45, 2.75) is 40.5 Å². The topological polar surface area (TPSA) is 3.24 Å². The lowest BCUT2D eigenvalue weighted by Crippen LogP contribution is -2.17. The molecule has 2 heteroatoms. The van der Waals surface area contributed by atoms with Crippen molar-refractivity contribution in [2.24, 2.45) is 0 Å². The SMILES string of the molecule is CCC1=C(CC)N(c2ccc(-c3cc(C)ccc3C)cc2)CS1. The average Bonchev–Trinajstić information content (AvgIpc) is 3.00. The lowest BCUT2D eigenvalue weighted by Gasteiger charge is -2.21. The van der Waals surface area contributed by atoms with Crippen molar-refractivity contribution in [2.75, 3.05) is 10.8 Å². The Morgan fingerprint density at radius 2 is 1.70 bits per heavy atom.